The summed E-state index contributed by atoms with van der Waals surface area (Å²) in [5.41, 5.74) is 11.0. The molecule has 0 unspecified atom stereocenters. The van der Waals surface area contributed by atoms with E-state index in [9.17, 15) is 0 Å². The van der Waals surface area contributed by atoms with Crippen LogP contribution in [0.15, 0.2) is 174 Å². The molecule has 7 aromatic carbocycles. The van der Waals surface area contributed by atoms with Gasteiger partial charge in [-0.3, -0.25) is 0 Å². The van der Waals surface area contributed by atoms with Crippen LogP contribution in [0.5, 0.6) is 0 Å². The minimum atomic E-state index is 0.599. The topological polar surface area (TPSA) is 64.7 Å². The summed E-state index contributed by atoms with van der Waals surface area (Å²) in [6.45, 7) is 0. The molecule has 0 aliphatic heterocycles. The summed E-state index contributed by atoms with van der Waals surface area (Å²) in [5, 5.41) is 3.05. The molecule has 0 spiro atoms. The first-order chi connectivity index (χ1) is 25.7. The average molecular weight is 685 g/mol. The first-order valence-electron chi connectivity index (χ1n) is 17.1. The molecule has 0 amide bonds. The van der Waals surface area contributed by atoms with Gasteiger partial charge >= 0.3 is 0 Å². The predicted octanol–water partition coefficient (Wildman–Crippen LogP) is 12.4. The van der Waals surface area contributed by atoms with Crippen molar-refractivity contribution in [3.05, 3.63) is 170 Å². The van der Waals surface area contributed by atoms with Crippen molar-refractivity contribution in [3.63, 3.8) is 0 Å². The molecule has 0 bridgehead atoms. The van der Waals surface area contributed by atoms with Crippen molar-refractivity contribution in [1.82, 2.24) is 19.9 Å². The third-order valence-electron chi connectivity index (χ3n) is 9.36. The molecule has 0 saturated carbocycles. The van der Waals surface area contributed by atoms with Gasteiger partial charge < -0.3 is 4.42 Å². The molecule has 10 aromatic rings. The molecular weight excluding hydrogens is 657 g/mol. The lowest BCUT2D eigenvalue weighted by molar-refractivity contribution is 0.669. The Balaban J connectivity index is 1.06. The standard InChI is InChI=1S/C46H28N4OS/c1-2-12-29(13-3-1)43-48-44(50-45(49-43)37-21-11-24-40-42(37)36-20-4-6-23-39(36)51-40)34-18-9-16-32(27-34)30-14-8-15-31(26-30)33-17-10-19-35(28-33)46-47-38-22-5-7-25-41(38)52-46/h1-28H. The fraction of sp³-hybridized carbons (Fsp3) is 0. The molecule has 0 atom stereocenters. The Morgan fingerprint density at radius 1 is 0.385 bits per heavy atom. The fourth-order valence-corrected chi connectivity index (χ4v) is 7.81. The highest BCUT2D eigenvalue weighted by Crippen LogP contribution is 2.38. The summed E-state index contributed by atoms with van der Waals surface area (Å²) in [7, 11) is 0. The zero-order valence-corrected chi connectivity index (χ0v) is 28.6. The fourth-order valence-electron chi connectivity index (χ4n) is 6.85. The van der Waals surface area contributed by atoms with Gasteiger partial charge in [0, 0.05) is 33.0 Å². The maximum atomic E-state index is 6.22. The van der Waals surface area contributed by atoms with E-state index in [0.29, 0.717) is 17.5 Å². The van der Waals surface area contributed by atoms with Crippen molar-refractivity contribution >= 4 is 43.5 Å². The number of rotatable bonds is 6. The Hall–Kier alpha value is -6.76. The largest absolute Gasteiger partial charge is 0.456 e. The molecule has 0 radical (unpaired) electrons. The van der Waals surface area contributed by atoms with E-state index in [1.807, 2.05) is 66.7 Å². The first kappa shape index (κ1) is 30.1. The molecule has 0 aliphatic carbocycles. The molecule has 0 N–H and O–H groups in total. The number of aromatic nitrogens is 4. The number of fused-ring (bicyclic) bond motifs is 4. The summed E-state index contributed by atoms with van der Waals surface area (Å²) in [5.74, 6) is 1.82. The van der Waals surface area contributed by atoms with Gasteiger partial charge in [-0.05, 0) is 64.7 Å². The zero-order chi connectivity index (χ0) is 34.4. The SMILES string of the molecule is c1ccc(-c2nc(-c3cccc(-c4cccc(-c5cccc(-c6nc7ccccc7s6)c5)c4)c3)nc(-c3cccc4oc5ccccc5c34)n2)cc1. The second-order valence-electron chi connectivity index (χ2n) is 12.7. The molecule has 0 saturated heterocycles. The van der Waals surface area contributed by atoms with Crippen molar-refractivity contribution < 1.29 is 4.42 Å². The van der Waals surface area contributed by atoms with E-state index < -0.39 is 0 Å². The lowest BCUT2D eigenvalue weighted by atomic mass is 9.97. The number of thiazole rings is 1. The Labute approximate surface area is 303 Å². The summed E-state index contributed by atoms with van der Waals surface area (Å²) >= 11 is 1.72. The normalized spacial score (nSPS) is 11.5. The highest BCUT2D eigenvalue weighted by atomic mass is 32.1. The summed E-state index contributed by atoms with van der Waals surface area (Å²) < 4.78 is 7.41. The number of nitrogens with zero attached hydrogens (tertiary/aromatic N) is 4. The number of para-hydroxylation sites is 2. The minimum absolute atomic E-state index is 0.599. The van der Waals surface area contributed by atoms with E-state index in [1.165, 1.54) is 4.70 Å². The van der Waals surface area contributed by atoms with Crippen LogP contribution in [0.3, 0.4) is 0 Å². The van der Waals surface area contributed by atoms with E-state index in [1.54, 1.807) is 11.3 Å². The molecule has 0 fully saturated rings. The van der Waals surface area contributed by atoms with Gasteiger partial charge in [0.1, 0.15) is 16.2 Å². The molecule has 5 nitrogen and oxygen atoms in total. The van der Waals surface area contributed by atoms with Gasteiger partial charge in [0.25, 0.3) is 0 Å². The number of hydrogen-bond donors (Lipinski definition) is 0. The molecule has 6 heteroatoms. The van der Waals surface area contributed by atoms with Crippen LogP contribution in [-0.4, -0.2) is 19.9 Å². The van der Waals surface area contributed by atoms with Gasteiger partial charge in [-0.15, -0.1) is 11.3 Å². The Bertz CT molecular complexity index is 2900. The number of benzene rings is 7. The van der Waals surface area contributed by atoms with Crippen molar-refractivity contribution in [1.29, 1.82) is 0 Å². The molecular formula is C46H28N4OS. The van der Waals surface area contributed by atoms with Gasteiger partial charge in [0.05, 0.1) is 10.2 Å². The smallest absolute Gasteiger partial charge is 0.164 e. The van der Waals surface area contributed by atoms with Crippen molar-refractivity contribution in [2.24, 2.45) is 0 Å². The lowest BCUT2D eigenvalue weighted by Gasteiger charge is -2.11. The van der Waals surface area contributed by atoms with E-state index in [0.717, 1.165) is 77.0 Å². The van der Waals surface area contributed by atoms with E-state index in [-0.39, 0.29) is 0 Å². The Morgan fingerprint density at radius 3 is 1.69 bits per heavy atom. The number of furan rings is 1. The first-order valence-corrected chi connectivity index (χ1v) is 17.9. The molecule has 0 aliphatic rings. The van der Waals surface area contributed by atoms with Crippen molar-refractivity contribution in [2.45, 2.75) is 0 Å². The third kappa shape index (κ3) is 5.43. The minimum Gasteiger partial charge on any atom is -0.456 e. The van der Waals surface area contributed by atoms with Gasteiger partial charge in [-0.1, -0.05) is 127 Å². The monoisotopic (exact) mass is 684 g/mol. The summed E-state index contributed by atoms with van der Waals surface area (Å²) in [6, 6.07) is 58.3. The zero-order valence-electron chi connectivity index (χ0n) is 27.8. The van der Waals surface area contributed by atoms with Crippen molar-refractivity contribution in [3.8, 4) is 67.0 Å². The van der Waals surface area contributed by atoms with Crippen LogP contribution in [0.4, 0.5) is 0 Å². The summed E-state index contributed by atoms with van der Waals surface area (Å²) in [6.07, 6.45) is 0. The second-order valence-corrected chi connectivity index (χ2v) is 13.7. The van der Waals surface area contributed by atoms with Crippen LogP contribution < -0.4 is 0 Å². The van der Waals surface area contributed by atoms with Crippen molar-refractivity contribution in [2.75, 3.05) is 0 Å². The van der Waals surface area contributed by atoms with Gasteiger partial charge in [-0.2, -0.15) is 0 Å². The lowest BCUT2D eigenvalue weighted by Crippen LogP contribution is -2.00. The van der Waals surface area contributed by atoms with E-state index >= 15 is 0 Å². The van der Waals surface area contributed by atoms with Crippen LogP contribution in [-0.2, 0) is 0 Å². The number of hydrogen-bond acceptors (Lipinski definition) is 6. The third-order valence-corrected chi connectivity index (χ3v) is 10.4. The van der Waals surface area contributed by atoms with E-state index in [2.05, 4.69) is 103 Å². The van der Waals surface area contributed by atoms with Crippen LogP contribution in [0.25, 0.3) is 99.1 Å². The Morgan fingerprint density at radius 2 is 0.923 bits per heavy atom. The second kappa shape index (κ2) is 12.5. The molecule has 3 aromatic heterocycles. The maximum absolute atomic E-state index is 6.22. The van der Waals surface area contributed by atoms with Gasteiger partial charge in [0.15, 0.2) is 17.5 Å². The van der Waals surface area contributed by atoms with Crippen LogP contribution in [0.1, 0.15) is 0 Å². The molecule has 244 valence electrons. The van der Waals surface area contributed by atoms with Crippen LogP contribution in [0.2, 0.25) is 0 Å². The highest BCUT2D eigenvalue weighted by molar-refractivity contribution is 7.21. The highest BCUT2D eigenvalue weighted by Gasteiger charge is 2.18. The van der Waals surface area contributed by atoms with Crippen LogP contribution in [0, 0.1) is 0 Å². The molecule has 52 heavy (non-hydrogen) atoms. The van der Waals surface area contributed by atoms with E-state index in [4.69, 9.17) is 24.4 Å². The van der Waals surface area contributed by atoms with Gasteiger partial charge in [0.2, 0.25) is 0 Å². The molecule has 10 rings (SSSR count). The summed E-state index contributed by atoms with van der Waals surface area (Å²) in [4.78, 5) is 20.1. The Kier molecular flexibility index (Phi) is 7.25. The molecule has 3 heterocycles. The predicted molar refractivity (Wildman–Crippen MR) is 213 cm³/mol. The van der Waals surface area contributed by atoms with Crippen LogP contribution >= 0.6 is 11.3 Å². The van der Waals surface area contributed by atoms with Gasteiger partial charge in [-0.25, -0.2) is 19.9 Å². The average Bonchev–Trinajstić information content (AvgIpc) is 3.83. The maximum Gasteiger partial charge on any atom is 0.164 e. The quantitative estimate of drug-likeness (QED) is 0.174.